The molecule has 106 valence electrons. The van der Waals surface area contributed by atoms with Crippen LogP contribution in [0, 0.1) is 6.92 Å². The van der Waals surface area contributed by atoms with Gasteiger partial charge in [-0.3, -0.25) is 4.57 Å². The number of rotatable bonds is 5. The summed E-state index contributed by atoms with van der Waals surface area (Å²) < 4.78 is 1.99. The Balaban J connectivity index is 1.73. The van der Waals surface area contributed by atoms with Crippen LogP contribution < -0.4 is 5.32 Å². The van der Waals surface area contributed by atoms with Gasteiger partial charge in [0.2, 0.25) is 0 Å². The first kappa shape index (κ1) is 13.4. The van der Waals surface area contributed by atoms with Crippen molar-refractivity contribution in [3.05, 3.63) is 72.4 Å². The van der Waals surface area contributed by atoms with E-state index < -0.39 is 0 Å². The Morgan fingerprint density at radius 3 is 2.62 bits per heavy atom. The number of nitrogens with zero attached hydrogens (tertiary/aromatic N) is 3. The molecule has 0 saturated carbocycles. The minimum absolute atomic E-state index is 0.871. The Labute approximate surface area is 124 Å². The maximum Gasteiger partial charge on any atom is 0.161 e. The first-order chi connectivity index (χ1) is 10.3. The van der Waals surface area contributed by atoms with Gasteiger partial charge in [0.15, 0.2) is 5.82 Å². The van der Waals surface area contributed by atoms with Crippen LogP contribution in [0.5, 0.6) is 0 Å². The topological polar surface area (TPSA) is 42.7 Å². The molecule has 1 N–H and O–H groups in total. The van der Waals surface area contributed by atoms with Crippen LogP contribution >= 0.6 is 0 Å². The fourth-order valence-electron chi connectivity index (χ4n) is 2.31. The smallest absolute Gasteiger partial charge is 0.161 e. The normalized spacial score (nSPS) is 10.5. The van der Waals surface area contributed by atoms with Gasteiger partial charge < -0.3 is 5.32 Å². The monoisotopic (exact) mass is 278 g/mol. The average Bonchev–Trinajstić information content (AvgIpc) is 2.95. The largest absolute Gasteiger partial charge is 0.382 e. The van der Waals surface area contributed by atoms with Gasteiger partial charge in [-0.1, -0.05) is 30.3 Å². The lowest BCUT2D eigenvalue weighted by atomic mass is 10.1. The Hall–Kier alpha value is -2.62. The average molecular weight is 278 g/mol. The highest BCUT2D eigenvalue weighted by Crippen LogP contribution is 2.18. The molecule has 0 aliphatic carbocycles. The molecule has 2 heterocycles. The molecule has 21 heavy (non-hydrogen) atoms. The Morgan fingerprint density at radius 2 is 1.86 bits per heavy atom. The van der Waals surface area contributed by atoms with Gasteiger partial charge in [-0.15, -0.1) is 0 Å². The fourth-order valence-corrected chi connectivity index (χ4v) is 2.31. The molecule has 0 bridgehead atoms. The van der Waals surface area contributed by atoms with Gasteiger partial charge in [-0.2, -0.15) is 0 Å². The lowest BCUT2D eigenvalue weighted by Gasteiger charge is -2.12. The number of benzene rings is 1. The van der Waals surface area contributed by atoms with Crippen LogP contribution in [0.15, 0.2) is 61.1 Å². The molecule has 4 nitrogen and oxygen atoms in total. The minimum atomic E-state index is 0.871. The van der Waals surface area contributed by atoms with Crippen molar-refractivity contribution in [3.8, 4) is 5.82 Å². The van der Waals surface area contributed by atoms with Crippen LogP contribution in [0.2, 0.25) is 0 Å². The fraction of sp³-hybridized carbons (Fsp3) is 0.176. The molecule has 0 aliphatic rings. The lowest BCUT2D eigenvalue weighted by Crippen LogP contribution is -2.09. The molecule has 0 amide bonds. The predicted octanol–water partition coefficient (Wildman–Crippen LogP) is 3.23. The molecular weight excluding hydrogens is 260 g/mol. The van der Waals surface area contributed by atoms with Crippen molar-refractivity contribution in [1.82, 2.24) is 14.5 Å². The molecule has 0 fully saturated rings. The van der Waals surface area contributed by atoms with Crippen molar-refractivity contribution in [3.63, 3.8) is 0 Å². The Morgan fingerprint density at radius 1 is 1.00 bits per heavy atom. The van der Waals surface area contributed by atoms with E-state index in [9.17, 15) is 0 Å². The number of aromatic nitrogens is 3. The molecule has 2 aromatic heterocycles. The number of anilines is 1. The summed E-state index contributed by atoms with van der Waals surface area (Å²) in [5, 5.41) is 3.47. The standard InChI is InChI=1S/C17H18N4/c1-14-18-12-13-21(14)17-16(8-5-10-20-17)19-11-9-15-6-3-2-4-7-15/h2-8,10,12-13,19H,9,11H2,1H3. The predicted molar refractivity (Wildman–Crippen MR) is 84.7 cm³/mol. The van der Waals surface area contributed by atoms with Crippen molar-refractivity contribution >= 4 is 5.69 Å². The van der Waals surface area contributed by atoms with Crippen LogP contribution in [0.1, 0.15) is 11.4 Å². The van der Waals surface area contributed by atoms with E-state index in [1.807, 2.05) is 35.9 Å². The molecule has 0 atom stereocenters. The number of aryl methyl sites for hydroxylation is 1. The maximum absolute atomic E-state index is 4.47. The highest BCUT2D eigenvalue weighted by atomic mass is 15.1. The third-order valence-electron chi connectivity index (χ3n) is 3.41. The van der Waals surface area contributed by atoms with Gasteiger partial charge in [-0.25, -0.2) is 9.97 Å². The quantitative estimate of drug-likeness (QED) is 0.779. The van der Waals surface area contributed by atoms with E-state index >= 15 is 0 Å². The van der Waals surface area contributed by atoms with Gasteiger partial charge in [0.1, 0.15) is 5.82 Å². The van der Waals surface area contributed by atoms with Crippen LogP contribution in [0.3, 0.4) is 0 Å². The molecule has 0 saturated heterocycles. The Bertz CT molecular complexity index is 704. The summed E-state index contributed by atoms with van der Waals surface area (Å²) >= 11 is 0. The molecule has 0 unspecified atom stereocenters. The lowest BCUT2D eigenvalue weighted by molar-refractivity contribution is 0.924. The summed E-state index contributed by atoms with van der Waals surface area (Å²) in [6.45, 7) is 2.85. The zero-order valence-electron chi connectivity index (χ0n) is 12.0. The summed E-state index contributed by atoms with van der Waals surface area (Å²) in [5.74, 6) is 1.82. The van der Waals surface area contributed by atoms with Crippen molar-refractivity contribution in [2.24, 2.45) is 0 Å². The van der Waals surface area contributed by atoms with Gasteiger partial charge in [0.05, 0.1) is 5.69 Å². The SMILES string of the molecule is Cc1nccn1-c1ncccc1NCCc1ccccc1. The minimum Gasteiger partial charge on any atom is -0.382 e. The van der Waals surface area contributed by atoms with E-state index in [2.05, 4.69) is 39.6 Å². The van der Waals surface area contributed by atoms with Crippen LogP contribution in [-0.2, 0) is 6.42 Å². The van der Waals surface area contributed by atoms with Gasteiger partial charge in [0, 0.05) is 25.1 Å². The second-order valence-electron chi connectivity index (χ2n) is 4.88. The summed E-state index contributed by atoms with van der Waals surface area (Å²) in [5.41, 5.74) is 2.35. The number of nitrogens with one attached hydrogen (secondary N) is 1. The van der Waals surface area contributed by atoms with Gasteiger partial charge >= 0.3 is 0 Å². The summed E-state index contributed by atoms with van der Waals surface area (Å²) in [7, 11) is 0. The number of pyridine rings is 1. The highest BCUT2D eigenvalue weighted by molar-refractivity contribution is 5.57. The zero-order valence-corrected chi connectivity index (χ0v) is 12.0. The molecule has 0 spiro atoms. The van der Waals surface area contributed by atoms with Crippen molar-refractivity contribution in [1.29, 1.82) is 0 Å². The van der Waals surface area contributed by atoms with E-state index in [-0.39, 0.29) is 0 Å². The number of hydrogen-bond acceptors (Lipinski definition) is 3. The first-order valence-electron chi connectivity index (χ1n) is 7.08. The van der Waals surface area contributed by atoms with E-state index in [1.54, 1.807) is 12.4 Å². The summed E-state index contributed by atoms with van der Waals surface area (Å²) in [6, 6.07) is 14.5. The van der Waals surface area contributed by atoms with Crippen LogP contribution in [0.25, 0.3) is 5.82 Å². The van der Waals surface area contributed by atoms with E-state index in [1.165, 1.54) is 5.56 Å². The number of imidazole rings is 1. The molecule has 1 aromatic carbocycles. The van der Waals surface area contributed by atoms with Crippen LogP contribution in [-0.4, -0.2) is 21.1 Å². The molecule has 0 radical (unpaired) electrons. The van der Waals surface area contributed by atoms with Gasteiger partial charge in [-0.05, 0) is 31.0 Å². The molecule has 3 aromatic rings. The molecular formula is C17H18N4. The van der Waals surface area contributed by atoms with E-state index in [0.717, 1.165) is 30.3 Å². The second-order valence-corrected chi connectivity index (χ2v) is 4.88. The zero-order chi connectivity index (χ0) is 14.5. The molecule has 4 heteroatoms. The van der Waals surface area contributed by atoms with Crippen LogP contribution in [0.4, 0.5) is 5.69 Å². The highest BCUT2D eigenvalue weighted by Gasteiger charge is 2.07. The third kappa shape index (κ3) is 3.11. The summed E-state index contributed by atoms with van der Waals surface area (Å²) in [4.78, 5) is 8.73. The third-order valence-corrected chi connectivity index (χ3v) is 3.41. The van der Waals surface area contributed by atoms with Crippen molar-refractivity contribution < 1.29 is 0 Å². The summed E-state index contributed by atoms with van der Waals surface area (Å²) in [6.07, 6.45) is 6.51. The van der Waals surface area contributed by atoms with Gasteiger partial charge in [0.25, 0.3) is 0 Å². The molecule has 3 rings (SSSR count). The first-order valence-corrected chi connectivity index (χ1v) is 7.08. The van der Waals surface area contributed by atoms with E-state index in [0.29, 0.717) is 0 Å². The number of hydrogen-bond donors (Lipinski definition) is 1. The van der Waals surface area contributed by atoms with Crippen molar-refractivity contribution in [2.45, 2.75) is 13.3 Å². The Kier molecular flexibility index (Phi) is 3.96. The second kappa shape index (κ2) is 6.22. The maximum atomic E-state index is 4.47. The van der Waals surface area contributed by atoms with E-state index in [4.69, 9.17) is 0 Å². The molecule has 0 aliphatic heterocycles. The van der Waals surface area contributed by atoms with Crippen molar-refractivity contribution in [2.75, 3.05) is 11.9 Å².